The van der Waals surface area contributed by atoms with Crippen LogP contribution in [0.4, 0.5) is 5.69 Å². The molecule has 2 amide bonds. The highest BCUT2D eigenvalue weighted by atomic mass is 32.2. The number of aryl methyl sites for hydroxylation is 2. The summed E-state index contributed by atoms with van der Waals surface area (Å²) < 4.78 is 26.7. The third kappa shape index (κ3) is 8.18. The largest absolute Gasteiger partial charge is 0.352 e. The van der Waals surface area contributed by atoms with E-state index in [4.69, 9.17) is 0 Å². The number of carbonyl (C=O) groups excluding carboxylic acids is 2. The predicted octanol–water partition coefficient (Wildman–Crippen LogP) is 4.23. The maximum Gasteiger partial charge on any atom is 0.244 e. The van der Waals surface area contributed by atoms with Gasteiger partial charge in [-0.3, -0.25) is 13.9 Å². The third-order valence-corrected chi connectivity index (χ3v) is 7.28. The van der Waals surface area contributed by atoms with Gasteiger partial charge in [-0.1, -0.05) is 77.9 Å². The number of anilines is 1. The Morgan fingerprint density at radius 2 is 1.47 bits per heavy atom. The second kappa shape index (κ2) is 12.7. The van der Waals surface area contributed by atoms with Gasteiger partial charge in [0.2, 0.25) is 21.8 Å². The number of hydrogen-bond donors (Lipinski definition) is 1. The van der Waals surface area contributed by atoms with Crippen molar-refractivity contribution in [3.8, 4) is 0 Å². The van der Waals surface area contributed by atoms with E-state index in [-0.39, 0.29) is 18.5 Å². The molecule has 3 aromatic carbocycles. The van der Waals surface area contributed by atoms with Gasteiger partial charge >= 0.3 is 0 Å². The van der Waals surface area contributed by atoms with Crippen molar-refractivity contribution < 1.29 is 18.0 Å². The summed E-state index contributed by atoms with van der Waals surface area (Å²) in [4.78, 5) is 29.0. The second-order valence-corrected chi connectivity index (χ2v) is 11.9. The van der Waals surface area contributed by atoms with Crippen LogP contribution >= 0.6 is 0 Å². The van der Waals surface area contributed by atoms with Gasteiger partial charge < -0.3 is 10.2 Å². The van der Waals surface area contributed by atoms with Crippen molar-refractivity contribution >= 4 is 27.5 Å². The van der Waals surface area contributed by atoms with Crippen LogP contribution in [0.25, 0.3) is 0 Å². The molecule has 1 atom stereocenters. The first-order valence-corrected chi connectivity index (χ1v) is 14.5. The number of nitrogens with one attached hydrogen (secondary N) is 1. The molecule has 0 radical (unpaired) electrons. The highest BCUT2D eigenvalue weighted by molar-refractivity contribution is 7.92. The molecule has 0 fully saturated rings. The number of carbonyl (C=O) groups is 2. The molecule has 0 aliphatic heterocycles. The average molecular weight is 536 g/mol. The van der Waals surface area contributed by atoms with E-state index in [9.17, 15) is 18.0 Å². The van der Waals surface area contributed by atoms with Crippen LogP contribution in [0, 0.1) is 13.8 Å². The van der Waals surface area contributed by atoms with Crippen molar-refractivity contribution in [2.75, 3.05) is 17.1 Å². The minimum Gasteiger partial charge on any atom is -0.352 e. The van der Waals surface area contributed by atoms with Crippen molar-refractivity contribution in [1.29, 1.82) is 0 Å². The van der Waals surface area contributed by atoms with Crippen LogP contribution in [0.1, 0.15) is 36.1 Å². The zero-order valence-electron chi connectivity index (χ0n) is 22.7. The highest BCUT2D eigenvalue weighted by Gasteiger charge is 2.33. The Balaban J connectivity index is 2.05. The Labute approximate surface area is 226 Å². The monoisotopic (exact) mass is 535 g/mol. The minimum atomic E-state index is -3.78. The molecule has 0 aliphatic rings. The molecule has 0 spiro atoms. The van der Waals surface area contributed by atoms with Crippen LogP contribution in [0.2, 0.25) is 0 Å². The van der Waals surface area contributed by atoms with E-state index in [1.807, 2.05) is 82.3 Å². The number of nitrogens with zero attached hydrogens (tertiary/aromatic N) is 2. The van der Waals surface area contributed by atoms with Crippen LogP contribution in [0.15, 0.2) is 78.9 Å². The molecule has 0 saturated carbocycles. The van der Waals surface area contributed by atoms with E-state index >= 15 is 0 Å². The Hall–Kier alpha value is -3.65. The second-order valence-electron chi connectivity index (χ2n) is 9.98. The molecule has 1 N–H and O–H groups in total. The standard InChI is InChI=1S/C30H37N3O4S/c1-22(2)31-30(35)28(19-25-11-7-6-8-12-25)32(20-26-13-9-10-24(4)18-26)29(34)21-33(38(5,36)37)27-16-14-23(3)15-17-27/h6-18,22,28H,19-21H2,1-5H3,(H,31,35). The Kier molecular flexibility index (Phi) is 9.69. The van der Waals surface area contributed by atoms with Crippen LogP contribution in [0.5, 0.6) is 0 Å². The van der Waals surface area contributed by atoms with E-state index < -0.39 is 28.5 Å². The minimum absolute atomic E-state index is 0.128. The van der Waals surface area contributed by atoms with Gasteiger partial charge in [0.1, 0.15) is 12.6 Å². The van der Waals surface area contributed by atoms with Crippen LogP contribution in [0.3, 0.4) is 0 Å². The molecular weight excluding hydrogens is 498 g/mol. The summed E-state index contributed by atoms with van der Waals surface area (Å²) in [5, 5.41) is 2.95. The van der Waals surface area contributed by atoms with Gasteiger partial charge in [0.05, 0.1) is 11.9 Å². The van der Waals surface area contributed by atoms with E-state index in [0.29, 0.717) is 12.1 Å². The fourth-order valence-corrected chi connectivity index (χ4v) is 5.12. The zero-order valence-corrected chi connectivity index (χ0v) is 23.5. The molecule has 0 saturated heterocycles. The summed E-state index contributed by atoms with van der Waals surface area (Å²) >= 11 is 0. The molecule has 0 heterocycles. The smallest absolute Gasteiger partial charge is 0.244 e. The summed E-state index contributed by atoms with van der Waals surface area (Å²) in [6.07, 6.45) is 1.37. The Morgan fingerprint density at radius 3 is 2.05 bits per heavy atom. The van der Waals surface area contributed by atoms with Gasteiger partial charge in [-0.2, -0.15) is 0 Å². The predicted molar refractivity (Wildman–Crippen MR) is 152 cm³/mol. The van der Waals surface area contributed by atoms with Gasteiger partial charge in [0.25, 0.3) is 0 Å². The molecule has 202 valence electrons. The van der Waals surface area contributed by atoms with E-state index in [0.717, 1.165) is 32.8 Å². The van der Waals surface area contributed by atoms with Crippen molar-refractivity contribution in [3.63, 3.8) is 0 Å². The van der Waals surface area contributed by atoms with Crippen molar-refractivity contribution in [1.82, 2.24) is 10.2 Å². The van der Waals surface area contributed by atoms with Gasteiger partial charge in [-0.25, -0.2) is 8.42 Å². The zero-order chi connectivity index (χ0) is 27.9. The highest BCUT2D eigenvalue weighted by Crippen LogP contribution is 2.21. The fraction of sp³-hybridized carbons (Fsp3) is 0.333. The summed E-state index contributed by atoms with van der Waals surface area (Å²) in [5.41, 5.74) is 4.15. The summed E-state index contributed by atoms with van der Waals surface area (Å²) in [6, 6.07) is 23.3. The quantitative estimate of drug-likeness (QED) is 0.398. The average Bonchev–Trinajstić information content (AvgIpc) is 2.85. The lowest BCUT2D eigenvalue weighted by atomic mass is 10.0. The lowest BCUT2D eigenvalue weighted by Gasteiger charge is -2.34. The molecule has 1 unspecified atom stereocenters. The fourth-order valence-electron chi connectivity index (χ4n) is 4.27. The number of rotatable bonds is 11. The number of benzene rings is 3. The first-order valence-electron chi connectivity index (χ1n) is 12.7. The number of sulfonamides is 1. The summed E-state index contributed by atoms with van der Waals surface area (Å²) in [7, 11) is -3.78. The van der Waals surface area contributed by atoms with E-state index in [1.54, 1.807) is 24.3 Å². The van der Waals surface area contributed by atoms with Crippen molar-refractivity contribution in [2.45, 2.75) is 52.7 Å². The summed E-state index contributed by atoms with van der Waals surface area (Å²) in [5.74, 6) is -0.747. The molecule has 38 heavy (non-hydrogen) atoms. The lowest BCUT2D eigenvalue weighted by molar-refractivity contribution is -0.140. The van der Waals surface area contributed by atoms with Gasteiger partial charge in [0, 0.05) is 19.0 Å². The van der Waals surface area contributed by atoms with E-state index in [2.05, 4.69) is 5.32 Å². The van der Waals surface area contributed by atoms with Gasteiger partial charge in [0.15, 0.2) is 0 Å². The van der Waals surface area contributed by atoms with Crippen LogP contribution < -0.4 is 9.62 Å². The van der Waals surface area contributed by atoms with E-state index in [1.165, 1.54) is 4.90 Å². The molecular formula is C30H37N3O4S. The van der Waals surface area contributed by atoms with Crippen molar-refractivity contribution in [2.24, 2.45) is 0 Å². The first kappa shape index (κ1) is 28.9. The molecule has 3 rings (SSSR count). The molecule has 0 aliphatic carbocycles. The molecule has 0 aromatic heterocycles. The third-order valence-electron chi connectivity index (χ3n) is 6.14. The lowest BCUT2D eigenvalue weighted by Crippen LogP contribution is -2.54. The van der Waals surface area contributed by atoms with Crippen molar-refractivity contribution in [3.05, 3.63) is 101 Å². The molecule has 3 aromatic rings. The summed E-state index contributed by atoms with van der Waals surface area (Å²) in [6.45, 7) is 7.35. The normalized spacial score (nSPS) is 12.2. The van der Waals surface area contributed by atoms with Crippen LogP contribution in [-0.4, -0.2) is 50.0 Å². The topological polar surface area (TPSA) is 86.8 Å². The Bertz CT molecular complexity index is 1340. The number of amides is 2. The number of hydrogen-bond acceptors (Lipinski definition) is 4. The molecule has 7 nitrogen and oxygen atoms in total. The van der Waals surface area contributed by atoms with Gasteiger partial charge in [-0.15, -0.1) is 0 Å². The maximum absolute atomic E-state index is 14.0. The molecule has 8 heteroatoms. The SMILES string of the molecule is Cc1ccc(N(CC(=O)N(Cc2cccc(C)c2)C(Cc2ccccc2)C(=O)NC(C)C)S(C)(=O)=O)cc1. The van der Waals surface area contributed by atoms with Crippen LogP contribution in [-0.2, 0) is 32.6 Å². The maximum atomic E-state index is 14.0. The molecule has 0 bridgehead atoms. The first-order chi connectivity index (χ1) is 17.9. The van der Waals surface area contributed by atoms with Gasteiger partial charge in [-0.05, 0) is 51.0 Å². The Morgan fingerprint density at radius 1 is 0.842 bits per heavy atom.